The Balaban J connectivity index is 2.83. The van der Waals surface area contributed by atoms with Crippen molar-refractivity contribution in [1.29, 1.82) is 0 Å². The molecular formula is C16H33N3O. The summed E-state index contributed by atoms with van der Waals surface area (Å²) in [5.41, 5.74) is 5.19. The van der Waals surface area contributed by atoms with E-state index in [1.54, 1.807) is 0 Å². The van der Waals surface area contributed by atoms with Crippen LogP contribution in [0.15, 0.2) is 0 Å². The van der Waals surface area contributed by atoms with Crippen LogP contribution in [0.25, 0.3) is 0 Å². The van der Waals surface area contributed by atoms with E-state index in [0.29, 0.717) is 18.0 Å². The highest BCUT2D eigenvalue weighted by atomic mass is 16.1. The maximum atomic E-state index is 12.0. The third-order valence-electron chi connectivity index (χ3n) is 4.23. The van der Waals surface area contributed by atoms with Gasteiger partial charge in [0.15, 0.2) is 0 Å². The zero-order chi connectivity index (χ0) is 15.5. The smallest absolute Gasteiger partial charge is 0.237 e. The van der Waals surface area contributed by atoms with E-state index in [0.717, 1.165) is 25.8 Å². The van der Waals surface area contributed by atoms with Crippen LogP contribution in [0.5, 0.6) is 0 Å². The van der Waals surface area contributed by atoms with Gasteiger partial charge in [0.25, 0.3) is 0 Å². The molecule has 0 saturated heterocycles. The number of hydrogen-bond donors (Lipinski definition) is 2. The molecule has 0 aromatic rings. The van der Waals surface area contributed by atoms with Gasteiger partial charge in [0, 0.05) is 24.7 Å². The third-order valence-corrected chi connectivity index (χ3v) is 4.23. The topological polar surface area (TPSA) is 58.4 Å². The number of rotatable bonds is 7. The molecule has 3 N–H and O–H groups in total. The van der Waals surface area contributed by atoms with Gasteiger partial charge >= 0.3 is 0 Å². The minimum Gasteiger partial charge on any atom is -0.368 e. The van der Waals surface area contributed by atoms with Crippen LogP contribution in [0, 0.1) is 5.92 Å². The summed E-state index contributed by atoms with van der Waals surface area (Å²) in [6, 6.07) is 1.24. The van der Waals surface area contributed by atoms with Crippen molar-refractivity contribution in [2.24, 2.45) is 11.7 Å². The van der Waals surface area contributed by atoms with Crippen LogP contribution in [0.2, 0.25) is 0 Å². The summed E-state index contributed by atoms with van der Waals surface area (Å²) in [5.74, 6) is 0.445. The fourth-order valence-electron chi connectivity index (χ4n) is 3.48. The Hall–Kier alpha value is -0.610. The Kier molecular flexibility index (Phi) is 6.02. The largest absolute Gasteiger partial charge is 0.368 e. The van der Waals surface area contributed by atoms with Gasteiger partial charge in [-0.1, -0.05) is 13.8 Å². The first kappa shape index (κ1) is 17.4. The van der Waals surface area contributed by atoms with Crippen molar-refractivity contribution < 1.29 is 4.79 Å². The predicted octanol–water partition coefficient (Wildman–Crippen LogP) is 2.13. The fourth-order valence-corrected chi connectivity index (χ4v) is 3.48. The molecule has 1 aliphatic carbocycles. The molecule has 2 unspecified atom stereocenters. The highest BCUT2D eigenvalue weighted by Gasteiger charge is 2.46. The van der Waals surface area contributed by atoms with Crippen molar-refractivity contribution in [1.82, 2.24) is 10.2 Å². The van der Waals surface area contributed by atoms with Crippen molar-refractivity contribution >= 4 is 5.91 Å². The second kappa shape index (κ2) is 6.90. The van der Waals surface area contributed by atoms with E-state index in [4.69, 9.17) is 5.73 Å². The van der Waals surface area contributed by atoms with Gasteiger partial charge in [0.1, 0.15) is 0 Å². The third kappa shape index (κ3) is 4.19. The van der Waals surface area contributed by atoms with Crippen LogP contribution < -0.4 is 11.1 Å². The molecule has 2 atom stereocenters. The highest BCUT2D eigenvalue weighted by molar-refractivity contribution is 5.85. The zero-order valence-corrected chi connectivity index (χ0v) is 14.1. The molecule has 0 radical (unpaired) electrons. The summed E-state index contributed by atoms with van der Waals surface area (Å²) >= 11 is 0. The number of carbonyl (C=O) groups excluding carboxylic acids is 1. The molecule has 1 amide bonds. The first-order valence-corrected chi connectivity index (χ1v) is 8.01. The number of carbonyl (C=O) groups is 1. The van der Waals surface area contributed by atoms with E-state index in [9.17, 15) is 4.79 Å². The molecule has 1 fully saturated rings. The number of nitrogens with zero attached hydrogens (tertiary/aromatic N) is 1. The van der Waals surface area contributed by atoms with Crippen molar-refractivity contribution in [3.8, 4) is 0 Å². The van der Waals surface area contributed by atoms with Gasteiger partial charge in [-0.2, -0.15) is 0 Å². The van der Waals surface area contributed by atoms with Crippen LogP contribution in [-0.4, -0.2) is 41.0 Å². The fraction of sp³-hybridized carbons (Fsp3) is 0.938. The molecule has 0 aliphatic heterocycles. The molecule has 0 spiro atoms. The molecular weight excluding hydrogens is 250 g/mol. The van der Waals surface area contributed by atoms with Gasteiger partial charge < -0.3 is 11.1 Å². The van der Waals surface area contributed by atoms with Crippen LogP contribution in [0.1, 0.15) is 60.8 Å². The summed E-state index contributed by atoms with van der Waals surface area (Å²) in [7, 11) is 0. The molecule has 1 saturated carbocycles. The van der Waals surface area contributed by atoms with Gasteiger partial charge in [-0.3, -0.25) is 9.69 Å². The average molecular weight is 283 g/mol. The average Bonchev–Trinajstić information content (AvgIpc) is 2.69. The molecule has 1 aliphatic rings. The van der Waals surface area contributed by atoms with Gasteiger partial charge in [-0.05, 0) is 52.9 Å². The number of nitrogens with two attached hydrogens (primary N) is 1. The number of amides is 1. The Labute approximate surface area is 124 Å². The summed E-state index contributed by atoms with van der Waals surface area (Å²) < 4.78 is 0. The van der Waals surface area contributed by atoms with Crippen LogP contribution in [-0.2, 0) is 4.79 Å². The molecule has 4 nitrogen and oxygen atoms in total. The molecule has 0 aromatic carbocycles. The summed E-state index contributed by atoms with van der Waals surface area (Å²) in [5, 5.41) is 3.43. The quantitative estimate of drug-likeness (QED) is 0.752. The van der Waals surface area contributed by atoms with E-state index < -0.39 is 5.54 Å². The SMILES string of the molecule is CC(C)CN(C(C)C)C1CCC(NC(C)C)(C(N)=O)C1. The Morgan fingerprint density at radius 3 is 2.30 bits per heavy atom. The highest BCUT2D eigenvalue weighted by Crippen LogP contribution is 2.34. The second-order valence-electron chi connectivity index (χ2n) is 7.33. The molecule has 0 aromatic heterocycles. The van der Waals surface area contributed by atoms with Crippen molar-refractivity contribution in [2.45, 2.75) is 84.5 Å². The van der Waals surface area contributed by atoms with Crippen LogP contribution in [0.4, 0.5) is 0 Å². The summed E-state index contributed by atoms with van der Waals surface area (Å²) in [6.45, 7) is 14.2. The van der Waals surface area contributed by atoms with Gasteiger partial charge in [-0.25, -0.2) is 0 Å². The molecule has 20 heavy (non-hydrogen) atoms. The number of hydrogen-bond acceptors (Lipinski definition) is 3. The lowest BCUT2D eigenvalue weighted by molar-refractivity contribution is -0.124. The number of nitrogens with one attached hydrogen (secondary N) is 1. The Morgan fingerprint density at radius 1 is 1.30 bits per heavy atom. The van der Waals surface area contributed by atoms with Crippen molar-refractivity contribution in [3.05, 3.63) is 0 Å². The van der Waals surface area contributed by atoms with Crippen molar-refractivity contribution in [2.75, 3.05) is 6.54 Å². The Bertz CT molecular complexity index is 328. The molecule has 118 valence electrons. The van der Waals surface area contributed by atoms with Crippen LogP contribution in [0.3, 0.4) is 0 Å². The maximum Gasteiger partial charge on any atom is 0.237 e. The lowest BCUT2D eigenvalue weighted by atomic mass is 9.94. The normalized spacial score (nSPS) is 27.2. The van der Waals surface area contributed by atoms with E-state index in [1.165, 1.54) is 0 Å². The van der Waals surface area contributed by atoms with E-state index in [2.05, 4.69) is 51.8 Å². The van der Waals surface area contributed by atoms with Crippen LogP contribution >= 0.6 is 0 Å². The lowest BCUT2D eigenvalue weighted by Gasteiger charge is -2.36. The summed E-state index contributed by atoms with van der Waals surface area (Å²) in [6.07, 6.45) is 2.74. The molecule has 0 heterocycles. The van der Waals surface area contributed by atoms with Gasteiger partial charge in [-0.15, -0.1) is 0 Å². The number of primary amides is 1. The maximum absolute atomic E-state index is 12.0. The van der Waals surface area contributed by atoms with E-state index in [-0.39, 0.29) is 11.9 Å². The zero-order valence-electron chi connectivity index (χ0n) is 14.1. The molecule has 0 bridgehead atoms. The molecule has 1 rings (SSSR count). The van der Waals surface area contributed by atoms with Gasteiger partial charge in [0.05, 0.1) is 5.54 Å². The molecule has 4 heteroatoms. The monoisotopic (exact) mass is 283 g/mol. The minimum absolute atomic E-state index is 0.193. The van der Waals surface area contributed by atoms with E-state index >= 15 is 0 Å². The predicted molar refractivity (Wildman–Crippen MR) is 84.5 cm³/mol. The lowest BCUT2D eigenvalue weighted by Crippen LogP contribution is -2.57. The standard InChI is InChI=1S/C16H33N3O/c1-11(2)10-19(13(5)6)14-7-8-16(9-14,15(17)20)18-12(3)4/h11-14,18H,7-10H2,1-6H3,(H2,17,20). The van der Waals surface area contributed by atoms with E-state index in [1.807, 2.05) is 0 Å². The first-order valence-electron chi connectivity index (χ1n) is 8.01. The van der Waals surface area contributed by atoms with Crippen molar-refractivity contribution in [3.63, 3.8) is 0 Å². The second-order valence-corrected chi connectivity index (χ2v) is 7.33. The Morgan fingerprint density at radius 2 is 1.90 bits per heavy atom. The van der Waals surface area contributed by atoms with Gasteiger partial charge in [0.2, 0.25) is 5.91 Å². The minimum atomic E-state index is -0.511. The first-order chi connectivity index (χ1) is 9.18. The summed E-state index contributed by atoms with van der Waals surface area (Å²) in [4.78, 5) is 14.5.